The Hall–Kier alpha value is -2.41. The maximum Gasteiger partial charge on any atom is 0.337 e. The summed E-state index contributed by atoms with van der Waals surface area (Å²) < 4.78 is 5.12. The van der Waals surface area contributed by atoms with Gasteiger partial charge < -0.3 is 9.52 Å². The molecule has 0 amide bonds. The number of benzene rings is 1. The number of aryl methyl sites for hydroxylation is 1. The van der Waals surface area contributed by atoms with Gasteiger partial charge in [-0.25, -0.2) is 9.80 Å². The zero-order valence-electron chi connectivity index (χ0n) is 16.8. The van der Waals surface area contributed by atoms with Crippen LogP contribution in [0.2, 0.25) is 0 Å². The van der Waals surface area contributed by atoms with E-state index in [1.54, 1.807) is 28.9 Å². The molecule has 152 valence electrons. The zero-order valence-corrected chi connectivity index (χ0v) is 17.6. The van der Waals surface area contributed by atoms with E-state index < -0.39 is 5.97 Å². The summed E-state index contributed by atoms with van der Waals surface area (Å²) in [6.07, 6.45) is 6.16. The number of nitrogens with zero attached hydrogens (tertiary/aromatic N) is 1. The van der Waals surface area contributed by atoms with E-state index in [0.717, 1.165) is 46.4 Å². The monoisotopic (exact) mass is 410 g/mol. The van der Waals surface area contributed by atoms with Crippen molar-refractivity contribution >= 4 is 17.3 Å². The molecule has 6 heteroatoms. The van der Waals surface area contributed by atoms with Crippen LogP contribution in [-0.2, 0) is 25.9 Å². The standard InChI is InChI=1S/C23H26N2O3S/c1-23(2)9-7-19-18(11-23)20(22(26)27)21(29-19)17-6-4-3-5-16(17)13-25(24)12-15-8-10-28-14-15/h3-6,8,10,14H,7,9,11-13,24H2,1-2H3,(H,26,27). The van der Waals surface area contributed by atoms with Crippen molar-refractivity contribution in [3.8, 4) is 10.4 Å². The molecule has 0 saturated heterocycles. The highest BCUT2D eigenvalue weighted by molar-refractivity contribution is 7.16. The molecule has 0 spiro atoms. The smallest absolute Gasteiger partial charge is 0.337 e. The van der Waals surface area contributed by atoms with Gasteiger partial charge in [0.1, 0.15) is 0 Å². The molecule has 1 aromatic carbocycles. The number of rotatable bonds is 6. The molecule has 0 bridgehead atoms. The van der Waals surface area contributed by atoms with Crippen molar-refractivity contribution in [2.24, 2.45) is 11.3 Å². The molecule has 0 radical (unpaired) electrons. The SMILES string of the molecule is CC1(C)CCc2sc(-c3ccccc3CN(N)Cc3ccoc3)c(C(=O)O)c2C1. The molecular formula is C23H26N2O3S. The van der Waals surface area contributed by atoms with E-state index in [4.69, 9.17) is 10.3 Å². The van der Waals surface area contributed by atoms with Gasteiger partial charge in [0.2, 0.25) is 0 Å². The molecular weight excluding hydrogens is 384 g/mol. The number of hydrogen-bond acceptors (Lipinski definition) is 5. The first-order valence-electron chi connectivity index (χ1n) is 9.81. The Morgan fingerprint density at radius 1 is 1.28 bits per heavy atom. The van der Waals surface area contributed by atoms with E-state index in [9.17, 15) is 9.90 Å². The predicted octanol–water partition coefficient (Wildman–Crippen LogP) is 5.10. The van der Waals surface area contributed by atoms with Gasteiger partial charge in [-0.15, -0.1) is 11.3 Å². The zero-order chi connectivity index (χ0) is 20.6. The lowest BCUT2D eigenvalue weighted by molar-refractivity contribution is 0.0696. The second kappa shape index (κ2) is 7.78. The van der Waals surface area contributed by atoms with Crippen LogP contribution in [0.5, 0.6) is 0 Å². The first kappa shape index (κ1) is 19.9. The second-order valence-electron chi connectivity index (χ2n) is 8.55. The topological polar surface area (TPSA) is 79.7 Å². The van der Waals surface area contributed by atoms with Crippen LogP contribution in [0.4, 0.5) is 0 Å². The van der Waals surface area contributed by atoms with Gasteiger partial charge in [-0.1, -0.05) is 38.1 Å². The fraction of sp³-hybridized carbons (Fsp3) is 0.348. The van der Waals surface area contributed by atoms with Crippen molar-refractivity contribution in [1.82, 2.24) is 5.01 Å². The van der Waals surface area contributed by atoms with Crippen molar-refractivity contribution in [3.63, 3.8) is 0 Å². The minimum absolute atomic E-state index is 0.133. The molecule has 0 unspecified atom stereocenters. The number of aromatic carboxylic acids is 1. The lowest BCUT2D eigenvalue weighted by atomic mass is 9.76. The number of hydrogen-bond donors (Lipinski definition) is 2. The number of hydrazine groups is 1. The summed E-state index contributed by atoms with van der Waals surface area (Å²) in [5.74, 6) is 5.41. The average molecular weight is 411 g/mol. The molecule has 29 heavy (non-hydrogen) atoms. The third-order valence-electron chi connectivity index (χ3n) is 5.59. The van der Waals surface area contributed by atoms with Gasteiger partial charge in [0.25, 0.3) is 0 Å². The first-order chi connectivity index (χ1) is 13.8. The van der Waals surface area contributed by atoms with Crippen LogP contribution in [0, 0.1) is 5.41 Å². The Labute approximate surface area is 174 Å². The molecule has 1 aliphatic rings. The molecule has 4 rings (SSSR count). The van der Waals surface area contributed by atoms with E-state index in [1.165, 1.54) is 4.88 Å². The Balaban J connectivity index is 1.71. The molecule has 0 saturated carbocycles. The van der Waals surface area contributed by atoms with E-state index in [1.807, 2.05) is 30.3 Å². The molecule has 0 aliphatic heterocycles. The normalized spacial score (nSPS) is 15.4. The quantitative estimate of drug-likeness (QED) is 0.437. The second-order valence-corrected chi connectivity index (χ2v) is 9.65. The molecule has 1 aliphatic carbocycles. The van der Waals surface area contributed by atoms with Crippen molar-refractivity contribution in [1.29, 1.82) is 0 Å². The fourth-order valence-electron chi connectivity index (χ4n) is 4.11. The van der Waals surface area contributed by atoms with Crippen LogP contribution < -0.4 is 5.84 Å². The van der Waals surface area contributed by atoms with Gasteiger partial charge in [0.05, 0.1) is 18.1 Å². The molecule has 0 atom stereocenters. The third-order valence-corrected chi connectivity index (χ3v) is 6.91. The number of thiophene rings is 1. The average Bonchev–Trinajstić information content (AvgIpc) is 3.28. The van der Waals surface area contributed by atoms with Crippen LogP contribution in [0.1, 0.15) is 52.2 Å². The van der Waals surface area contributed by atoms with Crippen LogP contribution in [0.15, 0.2) is 47.3 Å². The van der Waals surface area contributed by atoms with Gasteiger partial charge in [-0.05, 0) is 47.4 Å². The molecule has 0 fully saturated rings. The maximum atomic E-state index is 12.2. The van der Waals surface area contributed by atoms with E-state index in [0.29, 0.717) is 18.7 Å². The summed E-state index contributed by atoms with van der Waals surface area (Å²) in [4.78, 5) is 14.3. The van der Waals surface area contributed by atoms with Crippen LogP contribution in [-0.4, -0.2) is 16.1 Å². The molecule has 3 aromatic rings. The Morgan fingerprint density at radius 2 is 2.07 bits per heavy atom. The molecule has 2 aromatic heterocycles. The highest BCUT2D eigenvalue weighted by atomic mass is 32.1. The lowest BCUT2D eigenvalue weighted by Crippen LogP contribution is -2.29. The summed E-state index contributed by atoms with van der Waals surface area (Å²) in [6, 6.07) is 9.86. The Bertz CT molecular complexity index is 1020. The minimum Gasteiger partial charge on any atom is -0.478 e. The summed E-state index contributed by atoms with van der Waals surface area (Å²) in [5.41, 5.74) is 4.62. The van der Waals surface area contributed by atoms with Crippen molar-refractivity contribution < 1.29 is 14.3 Å². The number of fused-ring (bicyclic) bond motifs is 1. The lowest BCUT2D eigenvalue weighted by Gasteiger charge is -2.29. The fourth-order valence-corrected chi connectivity index (χ4v) is 5.48. The van der Waals surface area contributed by atoms with Crippen molar-refractivity contribution in [2.45, 2.75) is 46.2 Å². The van der Waals surface area contributed by atoms with Gasteiger partial charge in [-0.2, -0.15) is 0 Å². The Morgan fingerprint density at radius 3 is 2.79 bits per heavy atom. The summed E-state index contributed by atoms with van der Waals surface area (Å²) in [7, 11) is 0. The third kappa shape index (κ3) is 4.15. The summed E-state index contributed by atoms with van der Waals surface area (Å²) >= 11 is 1.64. The predicted molar refractivity (Wildman–Crippen MR) is 115 cm³/mol. The van der Waals surface area contributed by atoms with Crippen molar-refractivity contribution in [2.75, 3.05) is 0 Å². The minimum atomic E-state index is -0.840. The first-order valence-corrected chi connectivity index (χ1v) is 10.6. The molecule has 5 nitrogen and oxygen atoms in total. The van der Waals surface area contributed by atoms with Gasteiger partial charge in [-0.3, -0.25) is 5.84 Å². The summed E-state index contributed by atoms with van der Waals surface area (Å²) in [6.45, 7) is 5.52. The number of carbonyl (C=O) groups is 1. The van der Waals surface area contributed by atoms with Gasteiger partial charge in [0, 0.05) is 28.4 Å². The van der Waals surface area contributed by atoms with Crippen LogP contribution in [0.3, 0.4) is 0 Å². The highest BCUT2D eigenvalue weighted by Gasteiger charge is 2.33. The van der Waals surface area contributed by atoms with Crippen LogP contribution >= 0.6 is 11.3 Å². The molecule has 2 heterocycles. The van der Waals surface area contributed by atoms with E-state index >= 15 is 0 Å². The number of furan rings is 1. The van der Waals surface area contributed by atoms with Crippen molar-refractivity contribution in [3.05, 3.63) is 70.0 Å². The molecule has 3 N–H and O–H groups in total. The number of carboxylic acids is 1. The Kier molecular flexibility index (Phi) is 5.34. The number of nitrogens with two attached hydrogens (primary N) is 1. The summed E-state index contributed by atoms with van der Waals surface area (Å²) in [5, 5.41) is 11.8. The van der Waals surface area contributed by atoms with Gasteiger partial charge in [0.15, 0.2) is 0 Å². The number of carboxylic acid groups (broad SMARTS) is 1. The van der Waals surface area contributed by atoms with E-state index in [2.05, 4.69) is 13.8 Å². The van der Waals surface area contributed by atoms with Gasteiger partial charge >= 0.3 is 5.97 Å². The maximum absolute atomic E-state index is 12.2. The largest absolute Gasteiger partial charge is 0.478 e. The highest BCUT2D eigenvalue weighted by Crippen LogP contribution is 2.45. The van der Waals surface area contributed by atoms with E-state index in [-0.39, 0.29) is 5.41 Å². The van der Waals surface area contributed by atoms with Crippen LogP contribution in [0.25, 0.3) is 10.4 Å².